The first-order valence-electron chi connectivity index (χ1n) is 32.0. The molecule has 0 rings (SSSR count). The lowest BCUT2D eigenvalue weighted by Gasteiger charge is -2.26. The van der Waals surface area contributed by atoms with Gasteiger partial charge >= 0.3 is 11.9 Å². The van der Waals surface area contributed by atoms with Crippen molar-refractivity contribution in [3.8, 4) is 0 Å². The fourth-order valence-electron chi connectivity index (χ4n) is 7.21. The maximum absolute atomic E-state index is 11.3. The zero-order valence-corrected chi connectivity index (χ0v) is 55.0. The minimum atomic E-state index is -0.332. The van der Waals surface area contributed by atoms with Crippen LogP contribution in [0.4, 0.5) is 0 Å². The minimum Gasteiger partial charge on any atom is -0.466 e. The first-order valence-corrected chi connectivity index (χ1v) is 32.0. The zero-order chi connectivity index (χ0) is 61.4. The normalized spacial score (nSPS) is 11.6. The van der Waals surface area contributed by atoms with Crippen molar-refractivity contribution >= 4 is 42.5 Å². The van der Waals surface area contributed by atoms with E-state index in [1.807, 2.05) is 20.8 Å². The Bertz CT molecular complexity index is 1190. The van der Waals surface area contributed by atoms with Crippen molar-refractivity contribution in [2.75, 3.05) is 53.7 Å². The van der Waals surface area contributed by atoms with Crippen LogP contribution in [0.5, 0.6) is 0 Å². The third-order valence-electron chi connectivity index (χ3n) is 12.9. The summed E-state index contributed by atoms with van der Waals surface area (Å²) in [6, 6.07) is 0. The first-order chi connectivity index (χ1) is 38.0. The monoisotopic (exact) mass is 1130 g/mol. The molecule has 0 aliphatic rings. The molecule has 0 N–H and O–H groups in total. The lowest BCUT2D eigenvalue weighted by molar-refractivity contribution is -0.162. The van der Waals surface area contributed by atoms with Gasteiger partial charge in [0.05, 0.1) is 19.7 Å². The van der Waals surface area contributed by atoms with E-state index in [2.05, 4.69) is 55.4 Å². The summed E-state index contributed by atoms with van der Waals surface area (Å²) in [6.07, 6.45) is 39.5. The molecule has 0 aliphatic carbocycles. The summed E-state index contributed by atoms with van der Waals surface area (Å²) >= 11 is 0. The highest BCUT2D eigenvalue weighted by atomic mass is 16.6. The van der Waals surface area contributed by atoms with E-state index in [-0.39, 0.29) is 29.9 Å². The molecule has 79 heavy (non-hydrogen) atoms. The van der Waals surface area contributed by atoms with E-state index in [1.165, 1.54) is 162 Å². The molecule has 0 radical (unpaired) electrons. The van der Waals surface area contributed by atoms with Crippen LogP contribution in [-0.4, -0.2) is 113 Å². The fourth-order valence-corrected chi connectivity index (χ4v) is 7.21. The number of rotatable bonds is 47. The number of methoxy groups -OCH3 is 2. The van der Waals surface area contributed by atoms with Crippen LogP contribution in [0.1, 0.15) is 309 Å². The van der Waals surface area contributed by atoms with Crippen LogP contribution in [0.15, 0.2) is 0 Å². The third-order valence-corrected chi connectivity index (χ3v) is 12.9. The summed E-state index contributed by atoms with van der Waals surface area (Å²) in [7, 11) is 3.54. The van der Waals surface area contributed by atoms with E-state index in [1.54, 1.807) is 26.0 Å². The van der Waals surface area contributed by atoms with Crippen LogP contribution in [-0.2, 0) is 57.2 Å². The van der Waals surface area contributed by atoms with Crippen molar-refractivity contribution in [3.63, 3.8) is 0 Å². The molecule has 0 aromatic carbocycles. The van der Waals surface area contributed by atoms with Crippen LogP contribution in [0, 0.1) is 11.8 Å². The number of carbonyl (C=O) groups is 7. The number of aldehydes is 2. The van der Waals surface area contributed by atoms with Gasteiger partial charge in [-0.3, -0.25) is 24.1 Å². The number of unbranched alkanes of at least 4 members (excludes halogenated alkanes) is 21. The number of ether oxygens (including phenoxy) is 5. The van der Waals surface area contributed by atoms with Gasteiger partial charge in [-0.05, 0) is 70.8 Å². The molecule has 0 aliphatic heterocycles. The Morgan fingerprint density at radius 3 is 1.15 bits per heavy atom. The lowest BCUT2D eigenvalue weighted by atomic mass is 9.96. The number of ketones is 2. The van der Waals surface area contributed by atoms with E-state index in [0.717, 1.165) is 77.3 Å². The maximum Gasteiger partial charge on any atom is 0.306 e. The van der Waals surface area contributed by atoms with Crippen LogP contribution >= 0.6 is 0 Å². The Balaban J connectivity index is -0.000000157. The first kappa shape index (κ1) is 89.8. The number of hydrogen-bond acceptors (Lipinski definition) is 13. The predicted octanol–water partition coefficient (Wildman–Crippen LogP) is 17.4. The van der Waals surface area contributed by atoms with Gasteiger partial charge in [0.2, 0.25) is 0 Å². The number of likely N-dealkylation sites (N-methyl/N-ethyl adjacent to an activating group) is 1. The van der Waals surface area contributed by atoms with Gasteiger partial charge in [0.15, 0.2) is 0 Å². The molecule has 0 saturated heterocycles. The second-order valence-corrected chi connectivity index (χ2v) is 20.9. The van der Waals surface area contributed by atoms with Crippen LogP contribution in [0.2, 0.25) is 0 Å². The number of carbonyl (C=O) groups excluding carboxylic acids is 7. The Hall–Kier alpha value is -3.03. The molecular weight excluding hydrogens is 999 g/mol. The van der Waals surface area contributed by atoms with Crippen LogP contribution < -0.4 is 0 Å². The molecule has 0 saturated carbocycles. The second-order valence-electron chi connectivity index (χ2n) is 20.9. The summed E-state index contributed by atoms with van der Waals surface area (Å²) < 4.78 is 25.4. The average molecular weight is 1130 g/mol. The van der Waals surface area contributed by atoms with Gasteiger partial charge in [-0.2, -0.15) is 0 Å². The molecule has 0 heterocycles. The highest BCUT2D eigenvalue weighted by molar-refractivity contribution is 5.77. The van der Waals surface area contributed by atoms with Gasteiger partial charge in [-0.25, -0.2) is 0 Å². The fraction of sp³-hybridized carbons (Fsp3) is 0.894. The van der Waals surface area contributed by atoms with Crippen molar-refractivity contribution in [3.05, 3.63) is 0 Å². The quantitative estimate of drug-likeness (QED) is 0.0244. The number of hydrogen-bond donors (Lipinski definition) is 0. The molecule has 0 aromatic rings. The molecular formula is C66H133NO12. The molecule has 0 bridgehead atoms. The van der Waals surface area contributed by atoms with Gasteiger partial charge in [0, 0.05) is 53.1 Å². The highest BCUT2D eigenvalue weighted by Crippen LogP contribution is 2.19. The minimum absolute atomic E-state index is 0.0251. The van der Waals surface area contributed by atoms with Crippen molar-refractivity contribution in [2.24, 2.45) is 11.8 Å². The largest absolute Gasteiger partial charge is 0.466 e. The Morgan fingerprint density at radius 2 is 0.835 bits per heavy atom. The standard InChI is InChI=1S/C14H28O2.C13H24O4.C12H24O.2C9H20O.C6H11NO2.C3H6O/c1-4-6-7-8-9-10-11-16-14(15)12-13(3)5-2;1-5-10(4)8-12(16-9-14)11(6-2)17-13(15)7-3;1-3-5-6-7-8-9-10-11-12(13)4-2;2*1-3-4-5-6-7-8-9-10-2;1-2-7(3-5-8)4-6-9;1-3(2)4/h13H,4-12H2,1-3H3;9-12H,5-8H2,1-4H3;3-11H2,1-2H3;2*3-9H2,1-2H3;5-6H,2-4H2,1H3;1-2H3. The van der Waals surface area contributed by atoms with Crippen molar-refractivity contribution in [1.82, 2.24) is 4.90 Å². The molecule has 13 heteroatoms. The van der Waals surface area contributed by atoms with Crippen LogP contribution in [0.3, 0.4) is 0 Å². The van der Waals surface area contributed by atoms with E-state index in [9.17, 15) is 33.6 Å². The van der Waals surface area contributed by atoms with Gasteiger partial charge in [0.1, 0.15) is 36.3 Å². The van der Waals surface area contributed by atoms with Gasteiger partial charge in [0.25, 0.3) is 6.47 Å². The summed E-state index contributed by atoms with van der Waals surface area (Å²) in [4.78, 5) is 75.0. The maximum atomic E-state index is 11.3. The van der Waals surface area contributed by atoms with E-state index in [4.69, 9.17) is 23.7 Å². The molecule has 13 nitrogen and oxygen atoms in total. The molecule has 4 unspecified atom stereocenters. The number of esters is 2. The van der Waals surface area contributed by atoms with E-state index < -0.39 is 0 Å². The van der Waals surface area contributed by atoms with Gasteiger partial charge < -0.3 is 38.1 Å². The van der Waals surface area contributed by atoms with Crippen molar-refractivity contribution < 1.29 is 57.2 Å². The Morgan fingerprint density at radius 1 is 0.456 bits per heavy atom. The number of Topliss-reactive ketones (excluding diaryl/α,β-unsaturated/α-hetero) is 2. The van der Waals surface area contributed by atoms with Gasteiger partial charge in [-0.15, -0.1) is 0 Å². The predicted molar refractivity (Wildman–Crippen MR) is 333 cm³/mol. The molecule has 0 aromatic heterocycles. The summed E-state index contributed by atoms with van der Waals surface area (Å²) in [5.74, 6) is 1.21. The van der Waals surface area contributed by atoms with E-state index in [0.29, 0.717) is 63.1 Å². The summed E-state index contributed by atoms with van der Waals surface area (Å²) in [5, 5.41) is 0. The smallest absolute Gasteiger partial charge is 0.306 e. The highest BCUT2D eigenvalue weighted by Gasteiger charge is 2.26. The molecule has 0 spiro atoms. The molecule has 4 atom stereocenters. The van der Waals surface area contributed by atoms with E-state index >= 15 is 0 Å². The topological polar surface area (TPSA) is 169 Å². The van der Waals surface area contributed by atoms with Crippen LogP contribution in [0.25, 0.3) is 0 Å². The third kappa shape index (κ3) is 91.7. The SMILES string of the molecule is CC(C)=O.CCC(=O)OC(CC)C(CC(C)CC)OC=O.CCCCCCCCCC(=O)CC.CCCCCCCCOC.CCCCCCCCOC.CCCCCCCCOC(=O)CC(C)CC.CCN(CC=O)CC=O. The number of nitrogens with zero attached hydrogens (tertiary/aromatic N) is 1. The summed E-state index contributed by atoms with van der Waals surface area (Å²) in [5.41, 5.74) is 0. The van der Waals surface area contributed by atoms with Crippen molar-refractivity contribution in [2.45, 2.75) is 321 Å². The van der Waals surface area contributed by atoms with Gasteiger partial charge in [-0.1, -0.05) is 231 Å². The molecule has 474 valence electrons. The Labute approximate surface area is 489 Å². The van der Waals surface area contributed by atoms with Crippen molar-refractivity contribution in [1.29, 1.82) is 0 Å². The zero-order valence-electron chi connectivity index (χ0n) is 55.0. The lowest BCUT2D eigenvalue weighted by Crippen LogP contribution is -2.34. The Kier molecular flexibility index (Phi) is 92.5. The molecule has 0 fully saturated rings. The molecule has 0 amide bonds. The second kappa shape index (κ2) is 81.4. The average Bonchev–Trinajstić information content (AvgIpc) is 3.44. The summed E-state index contributed by atoms with van der Waals surface area (Å²) in [6.45, 7) is 32.3.